The lowest BCUT2D eigenvalue weighted by molar-refractivity contribution is -0.140. The van der Waals surface area contributed by atoms with Gasteiger partial charge in [0.1, 0.15) is 0 Å². The first kappa shape index (κ1) is 12.3. The Morgan fingerprint density at radius 3 is 2.76 bits per heavy atom. The fourth-order valence-corrected chi connectivity index (χ4v) is 5.19. The van der Waals surface area contributed by atoms with Gasteiger partial charge in [-0.1, -0.05) is 6.92 Å². The topological polar surface area (TPSA) is 29.5 Å². The van der Waals surface area contributed by atoms with Crippen LogP contribution in [0.5, 0.6) is 0 Å². The number of hydrogen-bond donors (Lipinski definition) is 1. The summed E-state index contributed by atoms with van der Waals surface area (Å²) in [5, 5.41) is 11.0. The van der Waals surface area contributed by atoms with Crippen molar-refractivity contribution in [3.63, 3.8) is 0 Å². The largest absolute Gasteiger partial charge is 0.389 e. The van der Waals surface area contributed by atoms with E-state index in [2.05, 4.69) is 6.92 Å². The molecule has 3 rings (SSSR count). The van der Waals surface area contributed by atoms with Crippen molar-refractivity contribution < 1.29 is 9.84 Å². The van der Waals surface area contributed by atoms with E-state index in [0.717, 1.165) is 31.6 Å². The summed E-state index contributed by atoms with van der Waals surface area (Å²) in [4.78, 5) is 0. The van der Waals surface area contributed by atoms with Crippen LogP contribution in [0.4, 0.5) is 0 Å². The van der Waals surface area contributed by atoms with Gasteiger partial charge in [0.15, 0.2) is 0 Å². The zero-order valence-corrected chi connectivity index (χ0v) is 11.6. The molecule has 1 saturated carbocycles. The second-order valence-electron chi connectivity index (χ2n) is 6.14. The second-order valence-corrected chi connectivity index (χ2v) is 7.25. The van der Waals surface area contributed by atoms with E-state index in [-0.39, 0.29) is 11.2 Å². The summed E-state index contributed by atoms with van der Waals surface area (Å²) in [5.74, 6) is 3.45. The predicted octanol–water partition coefficient (Wildman–Crippen LogP) is 2.84. The van der Waals surface area contributed by atoms with E-state index in [0.29, 0.717) is 11.8 Å². The number of hydrogen-bond acceptors (Lipinski definition) is 3. The molecule has 3 heteroatoms. The first-order valence-electron chi connectivity index (χ1n) is 7.13. The van der Waals surface area contributed by atoms with Gasteiger partial charge in [-0.3, -0.25) is 0 Å². The van der Waals surface area contributed by atoms with E-state index in [1.807, 2.05) is 11.8 Å². The van der Waals surface area contributed by atoms with Gasteiger partial charge in [0.25, 0.3) is 0 Å². The van der Waals surface area contributed by atoms with Gasteiger partial charge in [0.2, 0.25) is 0 Å². The third-order valence-corrected chi connectivity index (χ3v) is 6.34. The summed E-state index contributed by atoms with van der Waals surface area (Å²) in [7, 11) is 0. The molecule has 3 atom stereocenters. The lowest BCUT2D eigenvalue weighted by Gasteiger charge is -2.45. The summed E-state index contributed by atoms with van der Waals surface area (Å²) in [6, 6.07) is 0. The van der Waals surface area contributed by atoms with Crippen LogP contribution in [0.15, 0.2) is 0 Å². The summed E-state index contributed by atoms with van der Waals surface area (Å²) in [6.45, 7) is 3.02. The molecule has 0 bridgehead atoms. The molecule has 98 valence electrons. The smallest absolute Gasteiger partial charge is 0.0784 e. The Kier molecular flexibility index (Phi) is 3.21. The highest BCUT2D eigenvalue weighted by atomic mass is 32.2. The van der Waals surface area contributed by atoms with Gasteiger partial charge in [-0.2, -0.15) is 11.8 Å². The second kappa shape index (κ2) is 4.43. The Morgan fingerprint density at radius 2 is 2.18 bits per heavy atom. The molecule has 3 unspecified atom stereocenters. The molecule has 17 heavy (non-hydrogen) atoms. The van der Waals surface area contributed by atoms with Gasteiger partial charge in [0.05, 0.1) is 11.2 Å². The SMILES string of the molecule is CCC(O)(C1CC1)C1CCOC2(CCSC2)C1. The Bertz CT molecular complexity index is 284. The fourth-order valence-electron chi connectivity index (χ4n) is 3.81. The Morgan fingerprint density at radius 1 is 1.35 bits per heavy atom. The molecule has 1 spiro atoms. The third kappa shape index (κ3) is 2.15. The minimum atomic E-state index is -0.385. The van der Waals surface area contributed by atoms with Crippen LogP contribution < -0.4 is 0 Å². The molecular weight excluding hydrogens is 232 g/mol. The molecule has 0 amide bonds. The average molecular weight is 256 g/mol. The average Bonchev–Trinajstić information content (AvgIpc) is 3.13. The first-order chi connectivity index (χ1) is 8.19. The maximum Gasteiger partial charge on any atom is 0.0784 e. The van der Waals surface area contributed by atoms with Gasteiger partial charge in [-0.05, 0) is 56.1 Å². The highest BCUT2D eigenvalue weighted by molar-refractivity contribution is 7.99. The van der Waals surface area contributed by atoms with Crippen LogP contribution >= 0.6 is 11.8 Å². The van der Waals surface area contributed by atoms with Gasteiger partial charge in [-0.15, -0.1) is 0 Å². The highest BCUT2D eigenvalue weighted by Crippen LogP contribution is 2.51. The molecule has 3 aliphatic rings. The molecule has 1 aliphatic carbocycles. The van der Waals surface area contributed by atoms with Crippen LogP contribution in [0.1, 0.15) is 45.4 Å². The summed E-state index contributed by atoms with van der Waals surface area (Å²) < 4.78 is 6.06. The maximum atomic E-state index is 11.0. The van der Waals surface area contributed by atoms with Gasteiger partial charge in [0, 0.05) is 12.4 Å². The van der Waals surface area contributed by atoms with E-state index >= 15 is 0 Å². The van der Waals surface area contributed by atoms with Gasteiger partial charge in [-0.25, -0.2) is 0 Å². The molecule has 0 aromatic rings. The maximum absolute atomic E-state index is 11.0. The first-order valence-corrected chi connectivity index (χ1v) is 8.28. The minimum Gasteiger partial charge on any atom is -0.389 e. The van der Waals surface area contributed by atoms with E-state index < -0.39 is 0 Å². The zero-order chi connectivity index (χ0) is 11.9. The number of ether oxygens (including phenoxy) is 1. The van der Waals surface area contributed by atoms with Crippen molar-refractivity contribution >= 4 is 11.8 Å². The van der Waals surface area contributed by atoms with E-state index in [4.69, 9.17) is 4.74 Å². The molecule has 2 nitrogen and oxygen atoms in total. The van der Waals surface area contributed by atoms with Crippen LogP contribution in [0.2, 0.25) is 0 Å². The Balaban J connectivity index is 1.74. The number of thioether (sulfide) groups is 1. The summed E-state index contributed by atoms with van der Waals surface area (Å²) >= 11 is 2.02. The zero-order valence-electron chi connectivity index (χ0n) is 10.8. The molecule has 2 heterocycles. The molecule has 1 N–H and O–H groups in total. The van der Waals surface area contributed by atoms with Crippen LogP contribution in [0.25, 0.3) is 0 Å². The summed E-state index contributed by atoms with van der Waals surface area (Å²) in [5.41, 5.74) is -0.268. The van der Waals surface area contributed by atoms with E-state index in [1.54, 1.807) is 0 Å². The highest BCUT2D eigenvalue weighted by Gasteiger charge is 2.52. The van der Waals surface area contributed by atoms with Crippen molar-refractivity contribution in [3.8, 4) is 0 Å². The van der Waals surface area contributed by atoms with Crippen LogP contribution in [0, 0.1) is 11.8 Å². The minimum absolute atomic E-state index is 0.117. The van der Waals surface area contributed by atoms with E-state index in [9.17, 15) is 5.11 Å². The number of aliphatic hydroxyl groups is 1. The van der Waals surface area contributed by atoms with Crippen LogP contribution in [-0.4, -0.2) is 34.4 Å². The fraction of sp³-hybridized carbons (Fsp3) is 1.00. The van der Waals surface area contributed by atoms with E-state index in [1.165, 1.54) is 25.0 Å². The predicted molar refractivity (Wildman–Crippen MR) is 71.3 cm³/mol. The van der Waals surface area contributed by atoms with Crippen molar-refractivity contribution in [1.29, 1.82) is 0 Å². The van der Waals surface area contributed by atoms with Crippen molar-refractivity contribution in [1.82, 2.24) is 0 Å². The van der Waals surface area contributed by atoms with Crippen molar-refractivity contribution in [2.24, 2.45) is 11.8 Å². The molecule has 0 radical (unpaired) electrons. The number of rotatable bonds is 3. The molecule has 0 aromatic heterocycles. The van der Waals surface area contributed by atoms with Crippen molar-refractivity contribution in [2.45, 2.75) is 56.7 Å². The van der Waals surface area contributed by atoms with Gasteiger partial charge >= 0.3 is 0 Å². The summed E-state index contributed by atoms with van der Waals surface area (Å²) in [6.07, 6.45) is 6.76. The normalized spacial score (nSPS) is 41.6. The monoisotopic (exact) mass is 256 g/mol. The van der Waals surface area contributed by atoms with Crippen molar-refractivity contribution in [2.75, 3.05) is 18.1 Å². The standard InChI is InChI=1S/C14H24O2S/c1-2-14(15,11-3-4-11)12-5-7-16-13(9-12)6-8-17-10-13/h11-12,15H,2-10H2,1H3. The Hall–Kier alpha value is 0.270. The molecular formula is C14H24O2S. The van der Waals surface area contributed by atoms with Crippen LogP contribution in [0.3, 0.4) is 0 Å². The Labute approximate surface area is 108 Å². The lowest BCUT2D eigenvalue weighted by atomic mass is 9.72. The van der Waals surface area contributed by atoms with Crippen molar-refractivity contribution in [3.05, 3.63) is 0 Å². The molecule has 2 aliphatic heterocycles. The van der Waals surface area contributed by atoms with Gasteiger partial charge < -0.3 is 9.84 Å². The molecule has 2 saturated heterocycles. The molecule has 0 aromatic carbocycles. The van der Waals surface area contributed by atoms with Crippen LogP contribution in [-0.2, 0) is 4.74 Å². The molecule has 3 fully saturated rings. The third-order valence-electron chi connectivity index (χ3n) is 5.12. The quantitative estimate of drug-likeness (QED) is 0.842. The lowest BCUT2D eigenvalue weighted by Crippen LogP contribution is -2.49.